The van der Waals surface area contributed by atoms with Gasteiger partial charge in [0, 0.05) is 21.8 Å². The number of fused-ring (bicyclic) bond motifs is 1. The van der Waals surface area contributed by atoms with Crippen molar-refractivity contribution in [2.45, 2.75) is 0 Å². The zero-order chi connectivity index (χ0) is 20.3. The second-order valence-electron chi connectivity index (χ2n) is 7.23. The Hall–Kier alpha value is -3.55. The molecule has 0 N–H and O–H groups in total. The molecule has 0 radical (unpaired) electrons. The van der Waals surface area contributed by atoms with Crippen molar-refractivity contribution in [3.05, 3.63) is 126 Å². The number of hydrogen-bond donors (Lipinski definition) is 0. The van der Waals surface area contributed by atoms with E-state index in [2.05, 4.69) is 114 Å². The Morgan fingerprint density at radius 1 is 0.500 bits per heavy atom. The third-order valence-corrected chi connectivity index (χ3v) is 5.56. The Morgan fingerprint density at radius 2 is 1.17 bits per heavy atom. The highest BCUT2D eigenvalue weighted by molar-refractivity contribution is 6.30. The van der Waals surface area contributed by atoms with Gasteiger partial charge in [0.25, 0.3) is 0 Å². The summed E-state index contributed by atoms with van der Waals surface area (Å²) < 4.78 is 0. The van der Waals surface area contributed by atoms with E-state index in [1.165, 1.54) is 10.8 Å². The number of anilines is 3. The van der Waals surface area contributed by atoms with E-state index in [-0.39, 0.29) is 0 Å². The van der Waals surface area contributed by atoms with Crippen LogP contribution >= 0.6 is 11.6 Å². The Morgan fingerprint density at radius 3 is 2.00 bits per heavy atom. The third kappa shape index (κ3) is 3.56. The van der Waals surface area contributed by atoms with Crippen LogP contribution in [0.4, 0.5) is 17.1 Å². The highest BCUT2D eigenvalue weighted by atomic mass is 35.5. The molecule has 5 aromatic carbocycles. The minimum atomic E-state index is 0.747. The van der Waals surface area contributed by atoms with Crippen LogP contribution in [0.3, 0.4) is 0 Å². The Kier molecular flexibility index (Phi) is 4.96. The zero-order valence-electron chi connectivity index (χ0n) is 16.4. The van der Waals surface area contributed by atoms with Gasteiger partial charge < -0.3 is 4.90 Å². The molecule has 30 heavy (non-hydrogen) atoms. The number of hydrogen-bond acceptors (Lipinski definition) is 1. The highest BCUT2D eigenvalue weighted by Gasteiger charge is 2.15. The number of halogens is 1. The van der Waals surface area contributed by atoms with E-state index in [1.54, 1.807) is 0 Å². The number of rotatable bonds is 4. The van der Waals surface area contributed by atoms with Gasteiger partial charge in [0.1, 0.15) is 0 Å². The second kappa shape index (κ2) is 8.06. The fraction of sp³-hybridized carbons (Fsp3) is 0. The van der Waals surface area contributed by atoms with Gasteiger partial charge in [-0.1, -0.05) is 90.5 Å². The van der Waals surface area contributed by atoms with Gasteiger partial charge >= 0.3 is 0 Å². The van der Waals surface area contributed by atoms with Crippen molar-refractivity contribution in [1.82, 2.24) is 0 Å². The van der Waals surface area contributed by atoms with Crippen LogP contribution in [-0.2, 0) is 0 Å². The van der Waals surface area contributed by atoms with E-state index >= 15 is 0 Å². The van der Waals surface area contributed by atoms with Crippen molar-refractivity contribution in [1.29, 1.82) is 0 Å². The number of nitrogens with zero attached hydrogens (tertiary/aromatic N) is 1. The van der Waals surface area contributed by atoms with E-state index in [0.29, 0.717) is 0 Å². The van der Waals surface area contributed by atoms with E-state index in [1.807, 2.05) is 12.1 Å². The highest BCUT2D eigenvalue weighted by Crippen LogP contribution is 2.39. The molecule has 0 bridgehead atoms. The molecule has 0 saturated carbocycles. The topological polar surface area (TPSA) is 3.24 Å². The molecule has 0 atom stereocenters. The van der Waals surface area contributed by atoms with Crippen LogP contribution in [0.1, 0.15) is 0 Å². The molecule has 0 spiro atoms. The molecule has 2 heteroatoms. The summed E-state index contributed by atoms with van der Waals surface area (Å²) in [5, 5.41) is 3.20. The van der Waals surface area contributed by atoms with Crippen LogP contribution in [0, 0.1) is 0 Å². The molecule has 5 aromatic rings. The Balaban J connectivity index is 1.70. The number of para-hydroxylation sites is 1. The lowest BCUT2D eigenvalue weighted by Gasteiger charge is -2.27. The van der Waals surface area contributed by atoms with Crippen LogP contribution in [0.5, 0.6) is 0 Å². The molecule has 0 fully saturated rings. The summed E-state index contributed by atoms with van der Waals surface area (Å²) in [6, 6.07) is 42.1. The van der Waals surface area contributed by atoms with E-state index < -0.39 is 0 Å². The van der Waals surface area contributed by atoms with Crippen LogP contribution in [0.25, 0.3) is 21.9 Å². The van der Waals surface area contributed by atoms with E-state index in [9.17, 15) is 0 Å². The standard InChI is InChI=1S/C28H20ClN/c29-24-18-16-21(17-19-24)23-10-6-13-26(20-23)30(25-11-2-1-3-12-25)28-15-7-9-22-8-4-5-14-27(22)28/h1-20H. The first-order valence-electron chi connectivity index (χ1n) is 9.98. The predicted molar refractivity (Wildman–Crippen MR) is 129 cm³/mol. The molecule has 0 aromatic heterocycles. The molecule has 0 aliphatic carbocycles. The maximum Gasteiger partial charge on any atom is 0.0540 e. The van der Waals surface area contributed by atoms with Crippen molar-refractivity contribution in [2.24, 2.45) is 0 Å². The van der Waals surface area contributed by atoms with Crippen LogP contribution in [-0.4, -0.2) is 0 Å². The summed E-state index contributed by atoms with van der Waals surface area (Å²) in [5.41, 5.74) is 5.71. The van der Waals surface area contributed by atoms with Gasteiger partial charge in [-0.2, -0.15) is 0 Å². The van der Waals surface area contributed by atoms with Gasteiger partial charge in [-0.25, -0.2) is 0 Å². The van der Waals surface area contributed by atoms with Crippen molar-refractivity contribution in [3.63, 3.8) is 0 Å². The first kappa shape index (κ1) is 18.5. The summed E-state index contributed by atoms with van der Waals surface area (Å²) in [5.74, 6) is 0. The molecule has 0 amide bonds. The normalized spacial score (nSPS) is 10.8. The second-order valence-corrected chi connectivity index (χ2v) is 7.66. The van der Waals surface area contributed by atoms with Crippen LogP contribution in [0.15, 0.2) is 121 Å². The first-order valence-corrected chi connectivity index (χ1v) is 10.4. The smallest absolute Gasteiger partial charge is 0.0540 e. The first-order chi connectivity index (χ1) is 14.8. The third-order valence-electron chi connectivity index (χ3n) is 5.30. The summed E-state index contributed by atoms with van der Waals surface area (Å²) in [4.78, 5) is 2.32. The quantitative estimate of drug-likeness (QED) is 0.289. The molecular weight excluding hydrogens is 386 g/mol. The maximum atomic E-state index is 6.09. The van der Waals surface area contributed by atoms with Crippen molar-refractivity contribution >= 4 is 39.4 Å². The fourth-order valence-corrected chi connectivity index (χ4v) is 4.00. The predicted octanol–water partition coefficient (Wildman–Crippen LogP) is 8.63. The van der Waals surface area contributed by atoms with Gasteiger partial charge in [0.05, 0.1) is 5.69 Å². The SMILES string of the molecule is Clc1ccc(-c2cccc(N(c3ccccc3)c3cccc4ccccc34)c2)cc1. The van der Waals surface area contributed by atoms with Crippen LogP contribution < -0.4 is 4.90 Å². The lowest BCUT2D eigenvalue weighted by molar-refractivity contribution is 1.30. The Bertz CT molecular complexity index is 1290. The average Bonchev–Trinajstić information content (AvgIpc) is 2.81. The zero-order valence-corrected chi connectivity index (χ0v) is 17.1. The summed E-state index contributed by atoms with van der Waals surface area (Å²) in [6.07, 6.45) is 0. The summed E-state index contributed by atoms with van der Waals surface area (Å²) in [6.45, 7) is 0. The van der Waals surface area contributed by atoms with E-state index in [0.717, 1.165) is 33.2 Å². The van der Waals surface area contributed by atoms with Crippen molar-refractivity contribution in [2.75, 3.05) is 4.90 Å². The molecule has 0 saturated heterocycles. The van der Waals surface area contributed by atoms with Crippen molar-refractivity contribution in [3.8, 4) is 11.1 Å². The lowest BCUT2D eigenvalue weighted by atomic mass is 10.0. The summed E-state index contributed by atoms with van der Waals surface area (Å²) in [7, 11) is 0. The maximum absolute atomic E-state index is 6.09. The molecule has 0 aliphatic heterocycles. The monoisotopic (exact) mass is 405 g/mol. The minimum Gasteiger partial charge on any atom is -0.310 e. The largest absolute Gasteiger partial charge is 0.310 e. The van der Waals surface area contributed by atoms with E-state index in [4.69, 9.17) is 11.6 Å². The van der Waals surface area contributed by atoms with Crippen LogP contribution in [0.2, 0.25) is 5.02 Å². The minimum absolute atomic E-state index is 0.747. The molecule has 5 rings (SSSR count). The molecule has 144 valence electrons. The lowest BCUT2D eigenvalue weighted by Crippen LogP contribution is -2.10. The van der Waals surface area contributed by atoms with Gasteiger partial charge in [-0.3, -0.25) is 0 Å². The van der Waals surface area contributed by atoms with Gasteiger partial charge in [-0.15, -0.1) is 0 Å². The van der Waals surface area contributed by atoms with Gasteiger partial charge in [-0.05, 0) is 59.0 Å². The average molecular weight is 406 g/mol. The summed E-state index contributed by atoms with van der Waals surface area (Å²) >= 11 is 6.09. The van der Waals surface area contributed by atoms with Gasteiger partial charge in [0.2, 0.25) is 0 Å². The number of benzene rings is 5. The fourth-order valence-electron chi connectivity index (χ4n) is 3.87. The molecular formula is C28H20ClN. The van der Waals surface area contributed by atoms with Crippen molar-refractivity contribution < 1.29 is 0 Å². The van der Waals surface area contributed by atoms with Gasteiger partial charge in [0.15, 0.2) is 0 Å². The molecule has 0 heterocycles. The molecule has 0 unspecified atom stereocenters. The molecule has 1 nitrogen and oxygen atoms in total. The molecule has 0 aliphatic rings. The Labute approximate surface area is 181 Å².